The fraction of sp³-hybridized carbons (Fsp3) is 0. The van der Waals surface area contributed by atoms with Crippen LogP contribution in [0.3, 0.4) is 0 Å². The average Bonchev–Trinajstić information content (AvgIpc) is 2.35. The van der Waals surface area contributed by atoms with Crippen LogP contribution in [0.25, 0.3) is 0 Å². The number of nitrogens with zero attached hydrogens (tertiary/aromatic N) is 2. The molecule has 1 heterocycles. The Kier molecular flexibility index (Phi) is 4.39. The molecule has 0 amide bonds. The number of rotatable bonds is 3. The lowest BCUT2D eigenvalue weighted by molar-refractivity contribution is 0.456. The van der Waals surface area contributed by atoms with E-state index in [9.17, 15) is 0 Å². The van der Waals surface area contributed by atoms with Crippen molar-refractivity contribution in [1.29, 1.82) is 0 Å². The SMILES string of the molecule is NNc1ncc(Br)c(Oc2ccc(Cl)cc2Br)n1. The van der Waals surface area contributed by atoms with Crippen molar-refractivity contribution in [2.45, 2.75) is 0 Å². The minimum absolute atomic E-state index is 0.262. The van der Waals surface area contributed by atoms with Gasteiger partial charge in [-0.3, -0.25) is 5.43 Å². The van der Waals surface area contributed by atoms with E-state index in [2.05, 4.69) is 47.3 Å². The molecule has 1 aromatic heterocycles. The van der Waals surface area contributed by atoms with Gasteiger partial charge in [0.15, 0.2) is 0 Å². The molecule has 1 aromatic carbocycles. The van der Waals surface area contributed by atoms with Gasteiger partial charge in [0.25, 0.3) is 0 Å². The highest BCUT2D eigenvalue weighted by atomic mass is 79.9. The van der Waals surface area contributed by atoms with E-state index in [-0.39, 0.29) is 5.95 Å². The van der Waals surface area contributed by atoms with Crippen molar-refractivity contribution in [1.82, 2.24) is 9.97 Å². The molecule has 0 radical (unpaired) electrons. The monoisotopic (exact) mass is 392 g/mol. The smallest absolute Gasteiger partial charge is 0.240 e. The summed E-state index contributed by atoms with van der Waals surface area (Å²) >= 11 is 12.5. The van der Waals surface area contributed by atoms with Gasteiger partial charge in [-0.2, -0.15) is 4.98 Å². The molecule has 0 aliphatic carbocycles. The van der Waals surface area contributed by atoms with Crippen LogP contribution in [0.2, 0.25) is 5.02 Å². The van der Waals surface area contributed by atoms with Crippen LogP contribution in [-0.2, 0) is 0 Å². The molecular formula is C10H7Br2ClN4O. The fourth-order valence-corrected chi connectivity index (χ4v) is 2.19. The molecule has 0 saturated heterocycles. The molecule has 18 heavy (non-hydrogen) atoms. The lowest BCUT2D eigenvalue weighted by Crippen LogP contribution is -2.10. The summed E-state index contributed by atoms with van der Waals surface area (Å²) in [5.41, 5.74) is 2.35. The van der Waals surface area contributed by atoms with Crippen LogP contribution in [0.1, 0.15) is 0 Å². The largest absolute Gasteiger partial charge is 0.437 e. The maximum absolute atomic E-state index is 5.85. The summed E-state index contributed by atoms with van der Waals surface area (Å²) < 4.78 is 6.98. The van der Waals surface area contributed by atoms with Gasteiger partial charge in [-0.1, -0.05) is 11.6 Å². The lowest BCUT2D eigenvalue weighted by Gasteiger charge is -2.09. The summed E-state index contributed by atoms with van der Waals surface area (Å²) in [4.78, 5) is 8.01. The number of halogens is 3. The van der Waals surface area contributed by atoms with E-state index < -0.39 is 0 Å². The summed E-state index contributed by atoms with van der Waals surface area (Å²) in [6.07, 6.45) is 1.54. The highest BCUT2D eigenvalue weighted by Gasteiger charge is 2.09. The summed E-state index contributed by atoms with van der Waals surface area (Å²) in [5.74, 6) is 6.43. The number of benzene rings is 1. The van der Waals surface area contributed by atoms with Crippen molar-refractivity contribution in [2.75, 3.05) is 5.43 Å². The van der Waals surface area contributed by atoms with E-state index in [1.54, 1.807) is 24.4 Å². The Balaban J connectivity index is 2.33. The van der Waals surface area contributed by atoms with Gasteiger partial charge in [-0.15, -0.1) is 0 Å². The minimum Gasteiger partial charge on any atom is -0.437 e. The molecule has 0 atom stereocenters. The third kappa shape index (κ3) is 3.11. The zero-order valence-electron chi connectivity index (χ0n) is 8.82. The number of anilines is 1. The van der Waals surface area contributed by atoms with E-state index >= 15 is 0 Å². The second-order valence-corrected chi connectivity index (χ2v) is 5.31. The number of hydrazine groups is 1. The van der Waals surface area contributed by atoms with E-state index in [0.717, 1.165) is 4.47 Å². The molecular weight excluding hydrogens is 387 g/mol. The Morgan fingerprint density at radius 2 is 2.06 bits per heavy atom. The topological polar surface area (TPSA) is 73.1 Å². The summed E-state index contributed by atoms with van der Waals surface area (Å²) in [7, 11) is 0. The molecule has 94 valence electrons. The molecule has 2 rings (SSSR count). The Morgan fingerprint density at radius 3 is 2.72 bits per heavy atom. The summed E-state index contributed by atoms with van der Waals surface area (Å²) in [5, 5.41) is 0.611. The number of nitrogens with one attached hydrogen (secondary N) is 1. The zero-order chi connectivity index (χ0) is 13.1. The van der Waals surface area contributed by atoms with Crippen LogP contribution in [0.5, 0.6) is 11.6 Å². The van der Waals surface area contributed by atoms with E-state index in [1.165, 1.54) is 0 Å². The molecule has 5 nitrogen and oxygen atoms in total. The molecule has 0 aliphatic heterocycles. The van der Waals surface area contributed by atoms with Crippen molar-refractivity contribution >= 4 is 49.4 Å². The molecule has 0 aliphatic rings. The van der Waals surface area contributed by atoms with Crippen molar-refractivity contribution in [2.24, 2.45) is 5.84 Å². The van der Waals surface area contributed by atoms with Gasteiger partial charge in [0.1, 0.15) is 5.75 Å². The zero-order valence-corrected chi connectivity index (χ0v) is 12.8. The van der Waals surface area contributed by atoms with Crippen LogP contribution in [0, 0.1) is 0 Å². The lowest BCUT2D eigenvalue weighted by atomic mass is 10.3. The summed E-state index contributed by atoms with van der Waals surface area (Å²) in [6.45, 7) is 0. The van der Waals surface area contributed by atoms with Gasteiger partial charge in [0.05, 0.1) is 15.1 Å². The van der Waals surface area contributed by atoms with Gasteiger partial charge in [0.2, 0.25) is 11.8 Å². The maximum Gasteiger partial charge on any atom is 0.240 e. The first kappa shape index (κ1) is 13.5. The van der Waals surface area contributed by atoms with E-state index in [4.69, 9.17) is 22.2 Å². The van der Waals surface area contributed by atoms with Gasteiger partial charge in [0, 0.05) is 5.02 Å². The molecule has 0 fully saturated rings. The number of ether oxygens (including phenoxy) is 1. The van der Waals surface area contributed by atoms with Gasteiger partial charge in [-0.25, -0.2) is 10.8 Å². The highest BCUT2D eigenvalue weighted by Crippen LogP contribution is 2.34. The van der Waals surface area contributed by atoms with Gasteiger partial charge < -0.3 is 4.74 Å². The molecule has 0 unspecified atom stereocenters. The van der Waals surface area contributed by atoms with Crippen molar-refractivity contribution in [3.63, 3.8) is 0 Å². The molecule has 0 bridgehead atoms. The predicted molar refractivity (Wildman–Crippen MR) is 76.8 cm³/mol. The third-order valence-corrected chi connectivity index (χ3v) is 3.34. The van der Waals surface area contributed by atoms with Crippen molar-refractivity contribution in [3.05, 3.63) is 38.4 Å². The van der Waals surface area contributed by atoms with Crippen molar-refractivity contribution in [3.8, 4) is 11.6 Å². The number of aromatic nitrogens is 2. The van der Waals surface area contributed by atoms with Crippen LogP contribution in [-0.4, -0.2) is 9.97 Å². The first-order chi connectivity index (χ1) is 8.60. The number of nitrogens with two attached hydrogens (primary N) is 1. The van der Waals surface area contributed by atoms with Gasteiger partial charge >= 0.3 is 0 Å². The van der Waals surface area contributed by atoms with E-state index in [1.807, 2.05) is 0 Å². The Bertz CT molecular complexity index is 582. The minimum atomic E-state index is 0.262. The van der Waals surface area contributed by atoms with E-state index in [0.29, 0.717) is 21.1 Å². The third-order valence-electron chi connectivity index (χ3n) is 1.94. The normalized spacial score (nSPS) is 10.2. The summed E-state index contributed by atoms with van der Waals surface area (Å²) in [6, 6.07) is 5.18. The first-order valence-corrected chi connectivity index (χ1v) is 6.68. The van der Waals surface area contributed by atoms with Crippen LogP contribution < -0.4 is 16.0 Å². The highest BCUT2D eigenvalue weighted by molar-refractivity contribution is 9.11. The fourth-order valence-electron chi connectivity index (χ4n) is 1.15. The molecule has 0 spiro atoms. The van der Waals surface area contributed by atoms with Crippen LogP contribution in [0.4, 0.5) is 5.95 Å². The van der Waals surface area contributed by atoms with Gasteiger partial charge in [-0.05, 0) is 50.1 Å². The quantitative estimate of drug-likeness (QED) is 0.613. The first-order valence-electron chi connectivity index (χ1n) is 4.72. The average molecular weight is 394 g/mol. The Hall–Kier alpha value is -0.890. The number of hydrogen-bond donors (Lipinski definition) is 2. The van der Waals surface area contributed by atoms with Crippen LogP contribution >= 0.6 is 43.5 Å². The molecule has 2 aromatic rings. The number of nitrogen functional groups attached to an aromatic ring is 1. The maximum atomic E-state index is 5.85. The Morgan fingerprint density at radius 1 is 1.28 bits per heavy atom. The number of hydrogen-bond acceptors (Lipinski definition) is 5. The molecule has 8 heteroatoms. The second-order valence-electron chi connectivity index (χ2n) is 3.17. The molecule has 0 saturated carbocycles. The molecule has 3 N–H and O–H groups in total. The van der Waals surface area contributed by atoms with Crippen LogP contribution in [0.15, 0.2) is 33.3 Å². The van der Waals surface area contributed by atoms with Crippen molar-refractivity contribution < 1.29 is 4.74 Å². The predicted octanol–water partition coefficient (Wildman–Crippen LogP) is 3.73. The standard InChI is InChI=1S/C10H7Br2ClN4O/c11-6-3-5(13)1-2-8(6)18-9-7(12)4-15-10(16-9)17-14/h1-4H,14H2,(H,15,16,17). The second kappa shape index (κ2) is 5.83. The Labute approximate surface area is 125 Å².